The molecule has 1 aliphatic rings. The maximum atomic E-state index is 10.7. The van der Waals surface area contributed by atoms with Crippen molar-refractivity contribution in [2.75, 3.05) is 13.1 Å². The van der Waals surface area contributed by atoms with Gasteiger partial charge >= 0.3 is 0 Å². The van der Waals surface area contributed by atoms with E-state index in [1.54, 1.807) is 0 Å². The molecule has 0 aromatic heterocycles. The van der Waals surface area contributed by atoms with Gasteiger partial charge < -0.3 is 9.69 Å². The third-order valence-electron chi connectivity index (χ3n) is 4.97. The van der Waals surface area contributed by atoms with Gasteiger partial charge in [-0.2, -0.15) is 0 Å². The molecule has 22 heavy (non-hydrogen) atoms. The van der Waals surface area contributed by atoms with Crippen molar-refractivity contribution >= 4 is 6.29 Å². The molecular weight excluding hydrogens is 270 g/mol. The first kappa shape index (κ1) is 19.4. The maximum Gasteiger partial charge on any atom is 0.120 e. The molecule has 1 fully saturated rings. The van der Waals surface area contributed by atoms with E-state index in [0.717, 1.165) is 19.1 Å². The number of unbranched alkanes of at least 4 members (excludes halogenated alkanes) is 6. The summed E-state index contributed by atoms with van der Waals surface area (Å²) in [4.78, 5) is 13.4. The minimum absolute atomic E-state index is 0.657. The molecule has 0 amide bonds. The lowest BCUT2D eigenvalue weighted by Crippen LogP contribution is -2.36. The molecule has 2 heteroatoms. The Hall–Kier alpha value is -0.630. The topological polar surface area (TPSA) is 20.3 Å². The van der Waals surface area contributed by atoms with Crippen LogP contribution in [0.4, 0.5) is 0 Å². The summed E-state index contributed by atoms with van der Waals surface area (Å²) in [5, 5.41) is 0. The zero-order valence-electron chi connectivity index (χ0n) is 14.6. The van der Waals surface area contributed by atoms with Gasteiger partial charge in [-0.15, -0.1) is 6.58 Å². The summed E-state index contributed by atoms with van der Waals surface area (Å²) in [6, 6.07) is 0.657. The molecule has 0 aromatic rings. The molecule has 0 N–H and O–H groups in total. The van der Waals surface area contributed by atoms with Gasteiger partial charge in [-0.25, -0.2) is 0 Å². The van der Waals surface area contributed by atoms with Crippen molar-refractivity contribution in [2.24, 2.45) is 0 Å². The van der Waals surface area contributed by atoms with E-state index in [1.807, 2.05) is 6.08 Å². The van der Waals surface area contributed by atoms with Gasteiger partial charge in [0, 0.05) is 12.5 Å². The number of hydrogen-bond donors (Lipinski definition) is 0. The molecule has 0 aromatic carbocycles. The molecule has 1 aliphatic heterocycles. The van der Waals surface area contributed by atoms with Crippen LogP contribution in [0.15, 0.2) is 12.7 Å². The van der Waals surface area contributed by atoms with E-state index in [0.29, 0.717) is 6.04 Å². The SMILES string of the molecule is C=CCCCCCCCCC(CCC=O)N1CCCCCC1. The third kappa shape index (κ3) is 9.40. The van der Waals surface area contributed by atoms with E-state index in [4.69, 9.17) is 0 Å². The van der Waals surface area contributed by atoms with Crippen LogP contribution in [0.3, 0.4) is 0 Å². The molecular formula is C20H37NO. The highest BCUT2D eigenvalue weighted by molar-refractivity contribution is 5.49. The predicted octanol–water partition coefficient (Wildman–Crippen LogP) is 5.52. The summed E-state index contributed by atoms with van der Waals surface area (Å²) in [6.45, 7) is 6.28. The van der Waals surface area contributed by atoms with Crippen LogP contribution < -0.4 is 0 Å². The van der Waals surface area contributed by atoms with Crippen LogP contribution in [-0.4, -0.2) is 30.3 Å². The van der Waals surface area contributed by atoms with Gasteiger partial charge in [0.2, 0.25) is 0 Å². The summed E-state index contributed by atoms with van der Waals surface area (Å²) >= 11 is 0. The van der Waals surface area contributed by atoms with Gasteiger partial charge in [-0.1, -0.05) is 51.0 Å². The second kappa shape index (κ2) is 14.0. The number of rotatable bonds is 13. The first-order chi connectivity index (χ1) is 10.9. The second-order valence-corrected chi connectivity index (χ2v) is 6.84. The smallest absolute Gasteiger partial charge is 0.120 e. The molecule has 0 spiro atoms. The lowest BCUT2D eigenvalue weighted by atomic mass is 10.0. The second-order valence-electron chi connectivity index (χ2n) is 6.84. The Morgan fingerprint density at radius 1 is 0.818 bits per heavy atom. The highest BCUT2D eigenvalue weighted by atomic mass is 16.1. The van der Waals surface area contributed by atoms with Gasteiger partial charge in [0.05, 0.1) is 0 Å². The van der Waals surface area contributed by atoms with Crippen LogP contribution in [0, 0.1) is 0 Å². The Labute approximate surface area is 138 Å². The number of likely N-dealkylation sites (tertiary alicyclic amines) is 1. The van der Waals surface area contributed by atoms with Crippen LogP contribution in [0.1, 0.15) is 89.9 Å². The Balaban J connectivity index is 2.17. The highest BCUT2D eigenvalue weighted by Gasteiger charge is 2.18. The van der Waals surface area contributed by atoms with Crippen molar-refractivity contribution < 1.29 is 4.79 Å². The fourth-order valence-electron chi connectivity index (χ4n) is 3.61. The molecule has 0 radical (unpaired) electrons. The van der Waals surface area contributed by atoms with Crippen LogP contribution in [0.2, 0.25) is 0 Å². The minimum atomic E-state index is 0.657. The normalized spacial score (nSPS) is 17.8. The average Bonchev–Trinajstić information content (AvgIpc) is 2.82. The summed E-state index contributed by atoms with van der Waals surface area (Å²) in [5.74, 6) is 0. The van der Waals surface area contributed by atoms with E-state index in [-0.39, 0.29) is 0 Å². The van der Waals surface area contributed by atoms with Crippen LogP contribution in [0.25, 0.3) is 0 Å². The van der Waals surface area contributed by atoms with Crippen molar-refractivity contribution in [3.8, 4) is 0 Å². The van der Waals surface area contributed by atoms with Crippen molar-refractivity contribution in [3.05, 3.63) is 12.7 Å². The molecule has 1 saturated heterocycles. The Kier molecular flexibility index (Phi) is 12.4. The zero-order valence-corrected chi connectivity index (χ0v) is 14.6. The molecule has 2 nitrogen and oxygen atoms in total. The molecule has 1 atom stereocenters. The van der Waals surface area contributed by atoms with Crippen LogP contribution >= 0.6 is 0 Å². The van der Waals surface area contributed by atoms with Gasteiger partial charge in [0.15, 0.2) is 0 Å². The lowest BCUT2D eigenvalue weighted by Gasteiger charge is -2.30. The van der Waals surface area contributed by atoms with E-state index in [9.17, 15) is 4.79 Å². The monoisotopic (exact) mass is 307 g/mol. The number of carbonyl (C=O) groups is 1. The molecule has 1 heterocycles. The molecule has 0 saturated carbocycles. The number of allylic oxidation sites excluding steroid dienone is 1. The van der Waals surface area contributed by atoms with Crippen molar-refractivity contribution in [1.29, 1.82) is 0 Å². The Bertz CT molecular complexity index is 269. The quantitative estimate of drug-likeness (QED) is 0.254. The summed E-state index contributed by atoms with van der Waals surface area (Å²) in [6.07, 6.45) is 21.0. The summed E-state index contributed by atoms with van der Waals surface area (Å²) in [7, 11) is 0. The summed E-state index contributed by atoms with van der Waals surface area (Å²) in [5.41, 5.74) is 0. The van der Waals surface area contributed by atoms with Gasteiger partial charge in [0.1, 0.15) is 6.29 Å². The van der Waals surface area contributed by atoms with Crippen molar-refractivity contribution in [2.45, 2.75) is 95.9 Å². The first-order valence-electron chi connectivity index (χ1n) is 9.67. The predicted molar refractivity (Wildman–Crippen MR) is 96.3 cm³/mol. The van der Waals surface area contributed by atoms with Gasteiger partial charge in [-0.3, -0.25) is 0 Å². The number of aldehydes is 1. The molecule has 1 unspecified atom stereocenters. The Morgan fingerprint density at radius 3 is 2.09 bits per heavy atom. The minimum Gasteiger partial charge on any atom is -0.303 e. The van der Waals surface area contributed by atoms with E-state index in [1.165, 1.54) is 90.1 Å². The Morgan fingerprint density at radius 2 is 1.45 bits per heavy atom. The lowest BCUT2D eigenvalue weighted by molar-refractivity contribution is -0.108. The number of nitrogens with zero attached hydrogens (tertiary/aromatic N) is 1. The molecule has 128 valence electrons. The standard InChI is InChI=1S/C20H37NO/c1-2-3-4-5-6-7-8-11-15-20(16-14-19-22)21-17-12-9-10-13-18-21/h2,19-20H,1,3-18H2. The van der Waals surface area contributed by atoms with Gasteiger partial charge in [-0.05, 0) is 51.6 Å². The van der Waals surface area contributed by atoms with Crippen LogP contribution in [0.5, 0.6) is 0 Å². The fourth-order valence-corrected chi connectivity index (χ4v) is 3.61. The van der Waals surface area contributed by atoms with E-state index < -0.39 is 0 Å². The molecule has 0 aliphatic carbocycles. The molecule has 0 bridgehead atoms. The highest BCUT2D eigenvalue weighted by Crippen LogP contribution is 2.20. The third-order valence-corrected chi connectivity index (χ3v) is 4.97. The van der Waals surface area contributed by atoms with Crippen LogP contribution in [-0.2, 0) is 4.79 Å². The van der Waals surface area contributed by atoms with E-state index in [2.05, 4.69) is 11.5 Å². The zero-order chi connectivity index (χ0) is 15.9. The summed E-state index contributed by atoms with van der Waals surface area (Å²) < 4.78 is 0. The van der Waals surface area contributed by atoms with Gasteiger partial charge in [0.25, 0.3) is 0 Å². The number of hydrogen-bond acceptors (Lipinski definition) is 2. The van der Waals surface area contributed by atoms with Crippen molar-refractivity contribution in [3.63, 3.8) is 0 Å². The number of carbonyl (C=O) groups excluding carboxylic acids is 1. The molecule has 1 rings (SSSR count). The maximum absolute atomic E-state index is 10.7. The van der Waals surface area contributed by atoms with Crippen molar-refractivity contribution in [1.82, 2.24) is 4.90 Å². The fraction of sp³-hybridized carbons (Fsp3) is 0.850. The largest absolute Gasteiger partial charge is 0.303 e. The average molecular weight is 308 g/mol. The first-order valence-corrected chi connectivity index (χ1v) is 9.67. The van der Waals surface area contributed by atoms with E-state index >= 15 is 0 Å².